The number of hydrogen-bond donors (Lipinski definition) is 0. The van der Waals surface area contributed by atoms with Crippen LogP contribution in [0.2, 0.25) is 5.15 Å². The van der Waals surface area contributed by atoms with Crippen LogP contribution >= 0.6 is 27.5 Å². The molecule has 1 aliphatic rings. The van der Waals surface area contributed by atoms with Gasteiger partial charge in [0.2, 0.25) is 5.78 Å². The molecule has 2 aromatic carbocycles. The number of carbonyl (C=O) groups is 2. The molecular formula is C23H17BrClNO6. The van der Waals surface area contributed by atoms with Crippen LogP contribution in [0.3, 0.4) is 0 Å². The molecule has 0 radical (unpaired) electrons. The number of ether oxygens (including phenoxy) is 3. The number of fused-ring (bicyclic) bond motifs is 1. The largest absolute Gasteiger partial charge is 0.496 e. The molecule has 0 N–H and O–H groups in total. The number of aryl methyl sites for hydroxylation is 2. The Labute approximate surface area is 197 Å². The monoisotopic (exact) mass is 517 g/mol. The van der Waals surface area contributed by atoms with Gasteiger partial charge in [-0.25, -0.2) is 0 Å². The van der Waals surface area contributed by atoms with E-state index >= 15 is 0 Å². The molecule has 0 aliphatic carbocycles. The second-order valence-electron chi connectivity index (χ2n) is 7.03. The van der Waals surface area contributed by atoms with E-state index in [2.05, 4.69) is 21.1 Å². The minimum Gasteiger partial charge on any atom is -0.496 e. The molecule has 0 saturated heterocycles. The number of Topliss-reactive ketones (excluding diaryl/α,β-unsaturated/α-hetero) is 1. The zero-order valence-electron chi connectivity index (χ0n) is 17.1. The molecule has 0 saturated carbocycles. The van der Waals surface area contributed by atoms with E-state index in [1.807, 2.05) is 12.1 Å². The van der Waals surface area contributed by atoms with E-state index < -0.39 is 5.97 Å². The van der Waals surface area contributed by atoms with Gasteiger partial charge in [-0.15, -0.1) is 0 Å². The van der Waals surface area contributed by atoms with Crippen LogP contribution in [0.5, 0.6) is 17.2 Å². The van der Waals surface area contributed by atoms with Crippen LogP contribution < -0.4 is 14.2 Å². The predicted octanol–water partition coefficient (Wildman–Crippen LogP) is 5.56. The van der Waals surface area contributed by atoms with Crippen molar-refractivity contribution in [2.24, 2.45) is 0 Å². The molecule has 7 nitrogen and oxygen atoms in total. The highest BCUT2D eigenvalue weighted by Gasteiger charge is 2.30. The Kier molecular flexibility index (Phi) is 6.34. The van der Waals surface area contributed by atoms with Crippen molar-refractivity contribution >= 4 is 45.4 Å². The van der Waals surface area contributed by atoms with E-state index in [-0.39, 0.29) is 28.9 Å². The zero-order chi connectivity index (χ0) is 22.8. The number of allylic oxidation sites excluding steroid dienone is 1. The van der Waals surface area contributed by atoms with Crippen molar-refractivity contribution in [2.75, 3.05) is 7.11 Å². The first kappa shape index (κ1) is 22.1. The van der Waals surface area contributed by atoms with Crippen molar-refractivity contribution in [3.05, 3.63) is 74.2 Å². The summed E-state index contributed by atoms with van der Waals surface area (Å²) >= 11 is 9.12. The fourth-order valence-corrected chi connectivity index (χ4v) is 3.84. The molecule has 32 heavy (non-hydrogen) atoms. The van der Waals surface area contributed by atoms with Gasteiger partial charge in [0.1, 0.15) is 23.0 Å². The summed E-state index contributed by atoms with van der Waals surface area (Å²) in [6, 6.07) is 10.2. The minimum atomic E-state index is -0.462. The van der Waals surface area contributed by atoms with Gasteiger partial charge in [-0.1, -0.05) is 32.7 Å². The second-order valence-corrected chi connectivity index (χ2v) is 8.33. The average molecular weight is 519 g/mol. The van der Waals surface area contributed by atoms with E-state index in [9.17, 15) is 9.59 Å². The molecule has 0 atom stereocenters. The maximum absolute atomic E-state index is 12.9. The lowest BCUT2D eigenvalue weighted by atomic mass is 10.0. The standard InChI is InChI=1S/C23H17BrClNO6/c1-12-7-16(30-21(27)6-4-15-11-20(25)26-32-15)10-18-22(12)23(28)19(31-18)9-13-8-14(24)3-5-17(13)29-2/h3,5,7-11H,4,6H2,1-2H3/b19-9-. The lowest BCUT2D eigenvalue weighted by Gasteiger charge is -2.07. The first-order valence-electron chi connectivity index (χ1n) is 9.58. The van der Waals surface area contributed by atoms with Gasteiger partial charge >= 0.3 is 5.97 Å². The Hall–Kier alpha value is -3.10. The molecule has 9 heteroatoms. The van der Waals surface area contributed by atoms with Crippen molar-refractivity contribution in [3.63, 3.8) is 0 Å². The third kappa shape index (κ3) is 4.71. The summed E-state index contributed by atoms with van der Waals surface area (Å²) in [5.74, 6) is 1.16. The molecule has 1 aromatic heterocycles. The minimum absolute atomic E-state index is 0.0786. The smallest absolute Gasteiger partial charge is 0.311 e. The van der Waals surface area contributed by atoms with E-state index in [4.69, 9.17) is 30.3 Å². The number of halogens is 2. The summed E-state index contributed by atoms with van der Waals surface area (Å²) < 4.78 is 22.4. The van der Waals surface area contributed by atoms with E-state index in [1.54, 1.807) is 38.3 Å². The summed E-state index contributed by atoms with van der Waals surface area (Å²) in [5.41, 5.74) is 1.76. The average Bonchev–Trinajstić information content (AvgIpc) is 3.29. The third-order valence-corrected chi connectivity index (χ3v) is 5.43. The Balaban J connectivity index is 1.52. The fraction of sp³-hybridized carbons (Fsp3) is 0.174. The van der Waals surface area contributed by atoms with Gasteiger partial charge in [0, 0.05) is 28.6 Å². The highest BCUT2D eigenvalue weighted by molar-refractivity contribution is 9.10. The molecule has 0 fully saturated rings. The molecule has 4 rings (SSSR count). The lowest BCUT2D eigenvalue weighted by Crippen LogP contribution is -2.09. The lowest BCUT2D eigenvalue weighted by molar-refractivity contribution is -0.134. The van der Waals surface area contributed by atoms with Gasteiger partial charge in [0.25, 0.3) is 0 Å². The summed E-state index contributed by atoms with van der Waals surface area (Å²) in [6.07, 6.45) is 2.01. The van der Waals surface area contributed by atoms with Gasteiger partial charge in [-0.2, -0.15) is 0 Å². The van der Waals surface area contributed by atoms with Crippen molar-refractivity contribution in [3.8, 4) is 17.2 Å². The predicted molar refractivity (Wildman–Crippen MR) is 120 cm³/mol. The number of ketones is 1. The maximum atomic E-state index is 12.9. The summed E-state index contributed by atoms with van der Waals surface area (Å²) in [6.45, 7) is 1.76. The van der Waals surface area contributed by atoms with Gasteiger partial charge < -0.3 is 18.7 Å². The number of benzene rings is 2. The topological polar surface area (TPSA) is 87.9 Å². The molecule has 0 spiro atoms. The number of nitrogens with zero attached hydrogens (tertiary/aromatic N) is 1. The number of methoxy groups -OCH3 is 1. The molecule has 3 aromatic rings. The Morgan fingerprint density at radius 2 is 2.06 bits per heavy atom. The van der Waals surface area contributed by atoms with Crippen LogP contribution in [-0.4, -0.2) is 24.0 Å². The highest BCUT2D eigenvalue weighted by atomic mass is 79.9. The summed E-state index contributed by atoms with van der Waals surface area (Å²) in [5, 5.41) is 3.79. The SMILES string of the molecule is COc1ccc(Br)cc1/C=C1\Oc2cc(OC(=O)CCc3cc(Cl)no3)cc(C)c2C1=O. The number of aromatic nitrogens is 1. The summed E-state index contributed by atoms with van der Waals surface area (Å²) in [7, 11) is 1.55. The molecule has 164 valence electrons. The Morgan fingerprint density at radius 3 is 2.78 bits per heavy atom. The quantitative estimate of drug-likeness (QED) is 0.240. The van der Waals surface area contributed by atoms with Gasteiger partial charge in [0.05, 0.1) is 19.1 Å². The molecule has 1 aliphatic heterocycles. The Bertz CT molecular complexity index is 1250. The molecule has 0 amide bonds. The van der Waals surface area contributed by atoms with Crippen molar-refractivity contribution < 1.29 is 28.3 Å². The zero-order valence-corrected chi connectivity index (χ0v) is 19.5. The Morgan fingerprint density at radius 1 is 1.25 bits per heavy atom. The fourth-order valence-electron chi connectivity index (χ4n) is 3.31. The molecule has 0 unspecified atom stereocenters. The van der Waals surface area contributed by atoms with E-state index in [1.165, 1.54) is 6.07 Å². The normalized spacial score (nSPS) is 13.8. The van der Waals surface area contributed by atoms with Crippen LogP contribution in [0.1, 0.15) is 33.7 Å². The van der Waals surface area contributed by atoms with Crippen LogP contribution in [0.4, 0.5) is 0 Å². The first-order chi connectivity index (χ1) is 15.3. The van der Waals surface area contributed by atoms with Gasteiger partial charge in [0.15, 0.2) is 10.9 Å². The van der Waals surface area contributed by atoms with Crippen LogP contribution in [0, 0.1) is 6.92 Å². The number of rotatable bonds is 6. The summed E-state index contributed by atoms with van der Waals surface area (Å²) in [4.78, 5) is 25.1. The van der Waals surface area contributed by atoms with E-state index in [0.717, 1.165) is 4.47 Å². The first-order valence-corrected chi connectivity index (χ1v) is 10.8. The number of esters is 1. The molecule has 0 bridgehead atoms. The van der Waals surface area contributed by atoms with Crippen molar-refractivity contribution in [2.45, 2.75) is 19.8 Å². The molecule has 2 heterocycles. The van der Waals surface area contributed by atoms with Crippen molar-refractivity contribution in [1.29, 1.82) is 0 Å². The molecular weight excluding hydrogens is 502 g/mol. The third-order valence-electron chi connectivity index (χ3n) is 4.76. The number of hydrogen-bond acceptors (Lipinski definition) is 7. The van der Waals surface area contributed by atoms with Crippen LogP contribution in [0.25, 0.3) is 6.08 Å². The van der Waals surface area contributed by atoms with Crippen LogP contribution in [0.15, 0.2) is 51.2 Å². The van der Waals surface area contributed by atoms with E-state index in [0.29, 0.717) is 40.4 Å². The second kappa shape index (κ2) is 9.18. The van der Waals surface area contributed by atoms with Gasteiger partial charge in [-0.3, -0.25) is 9.59 Å². The van der Waals surface area contributed by atoms with Crippen LogP contribution in [-0.2, 0) is 11.2 Å². The highest BCUT2D eigenvalue weighted by Crippen LogP contribution is 2.38. The number of carbonyl (C=O) groups excluding carboxylic acids is 2. The van der Waals surface area contributed by atoms with Gasteiger partial charge in [-0.05, 0) is 42.8 Å². The maximum Gasteiger partial charge on any atom is 0.311 e. The van der Waals surface area contributed by atoms with Crippen molar-refractivity contribution in [1.82, 2.24) is 5.16 Å².